The first-order chi connectivity index (χ1) is 20.4. The molecular formula is C34H49BrO7. The maximum Gasteiger partial charge on any atom is 0.364 e. The first-order valence-corrected chi connectivity index (χ1v) is 17.1. The van der Waals surface area contributed by atoms with Crippen molar-refractivity contribution in [3.8, 4) is 0 Å². The molecule has 1 saturated carbocycles. The summed E-state index contributed by atoms with van der Waals surface area (Å²) in [6.07, 6.45) is 14.3. The molecule has 4 aliphatic rings. The lowest BCUT2D eigenvalue weighted by Crippen LogP contribution is -2.51. The second-order valence-electron chi connectivity index (χ2n) is 12.7. The number of hydrogen-bond donors (Lipinski definition) is 1. The molecule has 5 rings (SSSR count). The molecule has 4 fully saturated rings. The predicted octanol–water partition coefficient (Wildman–Crippen LogP) is 7.94. The van der Waals surface area contributed by atoms with E-state index in [0.717, 1.165) is 49.4 Å². The summed E-state index contributed by atoms with van der Waals surface area (Å²) in [4.78, 5) is 12.7. The van der Waals surface area contributed by atoms with Gasteiger partial charge in [-0.15, -0.1) is 0 Å². The molecule has 3 saturated heterocycles. The van der Waals surface area contributed by atoms with Crippen LogP contribution in [0.1, 0.15) is 102 Å². The van der Waals surface area contributed by atoms with E-state index >= 15 is 0 Å². The average molecular weight is 650 g/mol. The number of halogens is 1. The molecular weight excluding hydrogens is 600 g/mol. The number of benzene rings is 1. The first kappa shape index (κ1) is 32.1. The third-order valence-electron chi connectivity index (χ3n) is 9.54. The van der Waals surface area contributed by atoms with Crippen molar-refractivity contribution in [3.63, 3.8) is 0 Å². The average Bonchev–Trinajstić information content (AvgIpc) is 3.65. The topological polar surface area (TPSA) is 86.8 Å². The molecule has 1 N–H and O–H groups in total. The van der Waals surface area contributed by atoms with E-state index in [1.54, 1.807) is 0 Å². The van der Waals surface area contributed by atoms with Crippen LogP contribution >= 0.6 is 15.9 Å². The zero-order valence-electron chi connectivity index (χ0n) is 25.0. The highest BCUT2D eigenvalue weighted by Gasteiger charge is 2.50. The van der Waals surface area contributed by atoms with Gasteiger partial charge in [0.05, 0.1) is 12.2 Å². The fraction of sp³-hybridized carbons (Fsp3) is 0.735. The molecule has 1 aliphatic carbocycles. The van der Waals surface area contributed by atoms with Crippen molar-refractivity contribution in [2.75, 3.05) is 13.2 Å². The van der Waals surface area contributed by atoms with E-state index in [-0.39, 0.29) is 18.6 Å². The Morgan fingerprint density at radius 1 is 0.976 bits per heavy atom. The molecule has 234 valence electrons. The van der Waals surface area contributed by atoms with E-state index in [0.29, 0.717) is 44.3 Å². The van der Waals surface area contributed by atoms with E-state index in [4.69, 9.17) is 23.7 Å². The van der Waals surface area contributed by atoms with Crippen LogP contribution in [0.4, 0.5) is 0 Å². The summed E-state index contributed by atoms with van der Waals surface area (Å²) in [5.41, 5.74) is 2.76. The number of ether oxygens (including phenoxy) is 5. The Balaban J connectivity index is 1.09. The van der Waals surface area contributed by atoms with Crippen LogP contribution in [0.2, 0.25) is 0 Å². The normalized spacial score (nSPS) is 31.1. The van der Waals surface area contributed by atoms with E-state index in [9.17, 15) is 9.90 Å². The number of unbranched alkanes of at least 4 members (excludes halogenated alkanes) is 2. The number of aliphatic carboxylic acids is 1. The van der Waals surface area contributed by atoms with Gasteiger partial charge in [0.2, 0.25) is 0 Å². The largest absolute Gasteiger partial charge is 0.477 e. The van der Waals surface area contributed by atoms with Crippen molar-refractivity contribution in [2.45, 2.75) is 133 Å². The minimum absolute atomic E-state index is 0.0229. The van der Waals surface area contributed by atoms with Crippen LogP contribution in [0.3, 0.4) is 0 Å². The van der Waals surface area contributed by atoms with Gasteiger partial charge in [-0.1, -0.05) is 53.1 Å². The van der Waals surface area contributed by atoms with Gasteiger partial charge >= 0.3 is 5.97 Å². The molecule has 0 bridgehead atoms. The van der Waals surface area contributed by atoms with E-state index in [2.05, 4.69) is 46.8 Å². The van der Waals surface area contributed by atoms with Gasteiger partial charge in [-0.3, -0.25) is 0 Å². The van der Waals surface area contributed by atoms with Crippen LogP contribution in [0, 0.1) is 11.8 Å². The van der Waals surface area contributed by atoms with Crippen molar-refractivity contribution >= 4 is 21.9 Å². The van der Waals surface area contributed by atoms with Crippen LogP contribution in [0.25, 0.3) is 0 Å². The summed E-state index contributed by atoms with van der Waals surface area (Å²) >= 11 is 3.57. The monoisotopic (exact) mass is 648 g/mol. The lowest BCUT2D eigenvalue weighted by atomic mass is 9.85. The van der Waals surface area contributed by atoms with E-state index in [1.165, 1.54) is 43.2 Å². The number of hydrogen-bond acceptors (Lipinski definition) is 6. The summed E-state index contributed by atoms with van der Waals surface area (Å²) in [6, 6.07) is 8.61. The van der Waals surface area contributed by atoms with Crippen molar-refractivity contribution in [1.82, 2.24) is 0 Å². The Hall–Kier alpha value is -1.29. The maximum absolute atomic E-state index is 12.7. The third kappa shape index (κ3) is 9.12. The van der Waals surface area contributed by atoms with Gasteiger partial charge in [-0.2, -0.15) is 0 Å². The smallest absolute Gasteiger partial charge is 0.364 e. The number of allylic oxidation sites excluding steroid dienone is 1. The van der Waals surface area contributed by atoms with Crippen LogP contribution in [-0.4, -0.2) is 54.9 Å². The van der Waals surface area contributed by atoms with Crippen molar-refractivity contribution in [1.29, 1.82) is 0 Å². The Morgan fingerprint density at radius 2 is 1.71 bits per heavy atom. The molecule has 1 aromatic carbocycles. The van der Waals surface area contributed by atoms with Crippen LogP contribution in [-0.2, 0) is 34.9 Å². The molecule has 6 atom stereocenters. The predicted molar refractivity (Wildman–Crippen MR) is 164 cm³/mol. The van der Waals surface area contributed by atoms with Crippen molar-refractivity contribution < 1.29 is 33.6 Å². The summed E-state index contributed by atoms with van der Waals surface area (Å²) < 4.78 is 31.0. The Labute approximate surface area is 259 Å². The van der Waals surface area contributed by atoms with Crippen molar-refractivity contribution in [3.05, 3.63) is 46.5 Å². The fourth-order valence-corrected chi connectivity index (χ4v) is 7.46. The number of aryl methyl sites for hydroxylation is 1. The minimum atomic E-state index is -1.80. The fourth-order valence-electron chi connectivity index (χ4n) is 7.01. The van der Waals surface area contributed by atoms with Gasteiger partial charge in [0.15, 0.2) is 12.6 Å². The molecule has 3 aliphatic heterocycles. The lowest BCUT2D eigenvalue weighted by molar-refractivity contribution is -0.352. The highest BCUT2D eigenvalue weighted by atomic mass is 79.9. The zero-order chi connectivity index (χ0) is 29.4. The molecule has 42 heavy (non-hydrogen) atoms. The van der Waals surface area contributed by atoms with Gasteiger partial charge in [0, 0.05) is 24.1 Å². The molecule has 0 aromatic heterocycles. The summed E-state index contributed by atoms with van der Waals surface area (Å²) in [5.74, 6) is -1.75. The standard InChI is InChI=1S/C34H49BrO7/c1-24-16-17-26(12-4-2-3-10-25-11-9-13-27(35)22-25)28(24)23-30-29(40-30)18-19-34(33(36)37,41-31-14-5-7-20-38-31)42-32-15-6-8-21-39-32/h9,11,13,22,26,28-32H,1-8,10,12,14-21,23H2,(H,36,37)/t26-,28-,29?,30+,31?,32?,34?/m0/s1. The Kier molecular flexibility index (Phi) is 11.9. The van der Waals surface area contributed by atoms with Gasteiger partial charge in [-0.05, 0) is 113 Å². The molecule has 8 heteroatoms. The molecule has 0 spiro atoms. The third-order valence-corrected chi connectivity index (χ3v) is 10.0. The number of epoxide rings is 1. The summed E-state index contributed by atoms with van der Waals surface area (Å²) in [5, 5.41) is 10.4. The van der Waals surface area contributed by atoms with E-state index < -0.39 is 24.3 Å². The Bertz CT molecular complexity index is 999. The number of carboxylic acids is 1. The van der Waals surface area contributed by atoms with Gasteiger partial charge in [0.1, 0.15) is 0 Å². The first-order valence-electron chi connectivity index (χ1n) is 16.3. The van der Waals surface area contributed by atoms with Crippen LogP contribution < -0.4 is 0 Å². The number of carboxylic acid groups (broad SMARTS) is 1. The highest BCUT2D eigenvalue weighted by molar-refractivity contribution is 9.10. The minimum Gasteiger partial charge on any atom is -0.477 e. The van der Waals surface area contributed by atoms with Gasteiger partial charge in [0.25, 0.3) is 5.79 Å². The molecule has 0 amide bonds. The lowest BCUT2D eigenvalue weighted by Gasteiger charge is -2.37. The molecule has 1 aromatic rings. The highest BCUT2D eigenvalue weighted by Crippen LogP contribution is 2.46. The van der Waals surface area contributed by atoms with Gasteiger partial charge in [-0.25, -0.2) is 4.79 Å². The SMILES string of the molecule is C=C1CC[C@H](CCCCCc2cccc(Br)c2)[C@H]1C[C@H]1OC1CCC(OC1CCCCO1)(OC1CCCCO1)C(=O)O. The quantitative estimate of drug-likeness (QED) is 0.0842. The second kappa shape index (κ2) is 15.6. The molecule has 7 nitrogen and oxygen atoms in total. The Morgan fingerprint density at radius 3 is 2.36 bits per heavy atom. The second-order valence-corrected chi connectivity index (χ2v) is 13.6. The summed E-state index contributed by atoms with van der Waals surface area (Å²) in [6.45, 7) is 5.57. The van der Waals surface area contributed by atoms with Gasteiger partial charge < -0.3 is 28.8 Å². The molecule has 3 unspecified atom stereocenters. The van der Waals surface area contributed by atoms with Crippen LogP contribution in [0.15, 0.2) is 40.9 Å². The number of carbonyl (C=O) groups is 1. The van der Waals surface area contributed by atoms with Crippen molar-refractivity contribution in [2.24, 2.45) is 11.8 Å². The zero-order valence-corrected chi connectivity index (χ0v) is 26.6. The van der Waals surface area contributed by atoms with E-state index in [1.807, 2.05) is 0 Å². The molecule has 0 radical (unpaired) electrons. The molecule has 3 heterocycles. The number of rotatable bonds is 16. The maximum atomic E-state index is 12.7. The van der Waals surface area contributed by atoms with Crippen LogP contribution in [0.5, 0.6) is 0 Å². The summed E-state index contributed by atoms with van der Waals surface area (Å²) in [7, 11) is 0.